The van der Waals surface area contributed by atoms with Crippen LogP contribution in [0.15, 0.2) is 105 Å². The van der Waals surface area contributed by atoms with Crippen molar-refractivity contribution in [2.45, 2.75) is 4.90 Å². The third kappa shape index (κ3) is 5.22. The zero-order chi connectivity index (χ0) is 22.6. The van der Waals surface area contributed by atoms with Crippen molar-refractivity contribution in [1.29, 1.82) is 0 Å². The Hall–Kier alpha value is -3.49. The maximum atomic E-state index is 12.5. The Kier molecular flexibility index (Phi) is 6.34. The van der Waals surface area contributed by atoms with E-state index >= 15 is 0 Å². The van der Waals surface area contributed by atoms with Crippen molar-refractivity contribution in [2.24, 2.45) is 5.10 Å². The summed E-state index contributed by atoms with van der Waals surface area (Å²) in [7, 11) is -3.79. The van der Waals surface area contributed by atoms with E-state index in [0.29, 0.717) is 16.8 Å². The van der Waals surface area contributed by atoms with E-state index in [-0.39, 0.29) is 10.8 Å². The molecule has 2 N–H and O–H groups in total. The smallest absolute Gasteiger partial charge is 0.276 e. The van der Waals surface area contributed by atoms with Gasteiger partial charge < -0.3 is 5.32 Å². The van der Waals surface area contributed by atoms with Crippen LogP contribution >= 0.6 is 15.9 Å². The lowest BCUT2D eigenvalue weighted by molar-refractivity contribution is 0.102. The molecule has 32 heavy (non-hydrogen) atoms. The van der Waals surface area contributed by atoms with Crippen LogP contribution < -0.4 is 10.1 Å². The van der Waals surface area contributed by atoms with Gasteiger partial charge in [-0.15, -0.1) is 0 Å². The van der Waals surface area contributed by atoms with Crippen LogP contribution in [0.2, 0.25) is 0 Å². The normalized spacial score (nSPS) is 11.5. The van der Waals surface area contributed by atoms with Crippen molar-refractivity contribution in [1.82, 2.24) is 4.83 Å². The van der Waals surface area contributed by atoms with Gasteiger partial charge in [-0.1, -0.05) is 64.5 Å². The molecule has 0 aliphatic rings. The Morgan fingerprint density at radius 3 is 2.34 bits per heavy atom. The largest absolute Gasteiger partial charge is 0.322 e. The molecule has 1 amide bonds. The van der Waals surface area contributed by atoms with Crippen molar-refractivity contribution in [2.75, 3.05) is 5.32 Å². The maximum absolute atomic E-state index is 12.5. The molecule has 0 saturated heterocycles. The molecule has 0 atom stereocenters. The van der Waals surface area contributed by atoms with Gasteiger partial charge >= 0.3 is 0 Å². The van der Waals surface area contributed by atoms with E-state index in [4.69, 9.17) is 0 Å². The number of amides is 1. The fourth-order valence-corrected chi connectivity index (χ4v) is 4.27. The van der Waals surface area contributed by atoms with Gasteiger partial charge in [0.15, 0.2) is 0 Å². The van der Waals surface area contributed by atoms with Crippen LogP contribution in [-0.4, -0.2) is 20.5 Å². The highest BCUT2D eigenvalue weighted by atomic mass is 79.9. The monoisotopic (exact) mass is 507 g/mol. The van der Waals surface area contributed by atoms with Crippen molar-refractivity contribution in [3.63, 3.8) is 0 Å². The third-order valence-electron chi connectivity index (χ3n) is 4.67. The number of fused-ring (bicyclic) bond motifs is 1. The summed E-state index contributed by atoms with van der Waals surface area (Å²) in [6, 6.07) is 26.4. The highest BCUT2D eigenvalue weighted by Crippen LogP contribution is 2.19. The lowest BCUT2D eigenvalue weighted by Crippen LogP contribution is -2.18. The number of halogens is 1. The van der Waals surface area contributed by atoms with Gasteiger partial charge in [-0.3, -0.25) is 4.79 Å². The quantitative estimate of drug-likeness (QED) is 0.278. The molecule has 0 aliphatic carbocycles. The van der Waals surface area contributed by atoms with Crippen LogP contribution in [0.5, 0.6) is 0 Å². The molecule has 4 rings (SSSR count). The van der Waals surface area contributed by atoms with Crippen molar-refractivity contribution < 1.29 is 13.2 Å². The first-order chi connectivity index (χ1) is 15.4. The number of hydrazone groups is 1. The molecule has 0 aliphatic heterocycles. The lowest BCUT2D eigenvalue weighted by atomic mass is 10.1. The fourth-order valence-electron chi connectivity index (χ4n) is 3.04. The summed E-state index contributed by atoms with van der Waals surface area (Å²) in [5.74, 6) is -0.226. The molecule has 8 heteroatoms. The first-order valence-electron chi connectivity index (χ1n) is 9.61. The van der Waals surface area contributed by atoms with Gasteiger partial charge in [0.25, 0.3) is 15.9 Å². The first kappa shape index (κ1) is 21.7. The van der Waals surface area contributed by atoms with Crippen molar-refractivity contribution >= 4 is 54.5 Å². The van der Waals surface area contributed by atoms with Crippen LogP contribution in [0.4, 0.5) is 5.69 Å². The second-order valence-corrected chi connectivity index (χ2v) is 9.52. The Morgan fingerprint density at radius 2 is 1.59 bits per heavy atom. The van der Waals surface area contributed by atoms with E-state index in [1.807, 2.05) is 30.3 Å². The minimum Gasteiger partial charge on any atom is -0.322 e. The minimum atomic E-state index is -3.79. The number of hydrogen-bond acceptors (Lipinski definition) is 4. The number of benzene rings is 4. The molecule has 0 spiro atoms. The molecule has 0 heterocycles. The van der Waals surface area contributed by atoms with Crippen LogP contribution in [0.3, 0.4) is 0 Å². The average Bonchev–Trinajstić information content (AvgIpc) is 2.80. The summed E-state index contributed by atoms with van der Waals surface area (Å²) >= 11 is 3.35. The Labute approximate surface area is 194 Å². The topological polar surface area (TPSA) is 87.6 Å². The number of carbonyl (C=O) groups is 1. The molecule has 0 fully saturated rings. The van der Waals surface area contributed by atoms with E-state index in [9.17, 15) is 13.2 Å². The van der Waals surface area contributed by atoms with Crippen molar-refractivity contribution in [3.8, 4) is 0 Å². The molecule has 4 aromatic carbocycles. The highest BCUT2D eigenvalue weighted by molar-refractivity contribution is 9.10. The predicted octanol–water partition coefficient (Wildman–Crippen LogP) is 5.17. The summed E-state index contributed by atoms with van der Waals surface area (Å²) in [6.45, 7) is 0. The number of sulfonamides is 1. The predicted molar refractivity (Wildman–Crippen MR) is 130 cm³/mol. The van der Waals surface area contributed by atoms with Gasteiger partial charge in [-0.25, -0.2) is 4.83 Å². The average molecular weight is 508 g/mol. The summed E-state index contributed by atoms with van der Waals surface area (Å²) in [6.07, 6.45) is 1.40. The van der Waals surface area contributed by atoms with E-state index in [1.54, 1.807) is 60.7 Å². The second-order valence-electron chi connectivity index (χ2n) is 6.95. The molecular weight excluding hydrogens is 490 g/mol. The molecule has 0 bridgehead atoms. The number of rotatable bonds is 6. The van der Waals surface area contributed by atoms with E-state index in [1.165, 1.54) is 6.21 Å². The maximum Gasteiger partial charge on any atom is 0.276 e. The second kappa shape index (κ2) is 9.33. The SMILES string of the molecule is O=C(Nc1ccc(/C=N\NS(=O)(=O)c2ccc3ccccc3c2)cc1)c1cccc(Br)c1. The molecule has 0 radical (unpaired) electrons. The Bertz CT molecular complexity index is 1420. The Morgan fingerprint density at radius 1 is 0.844 bits per heavy atom. The summed E-state index contributed by atoms with van der Waals surface area (Å²) < 4.78 is 25.9. The number of nitrogens with one attached hydrogen (secondary N) is 2. The first-order valence-corrected chi connectivity index (χ1v) is 11.9. The van der Waals surface area contributed by atoms with Gasteiger partial charge in [0.1, 0.15) is 0 Å². The van der Waals surface area contributed by atoms with E-state index < -0.39 is 10.0 Å². The summed E-state index contributed by atoms with van der Waals surface area (Å²) in [4.78, 5) is 14.7. The fraction of sp³-hybridized carbons (Fsp3) is 0. The molecule has 6 nitrogen and oxygen atoms in total. The standard InChI is InChI=1S/C24H18BrN3O3S/c25-21-7-3-6-20(14-21)24(29)27-22-11-8-17(9-12-22)16-26-28-32(30,31)23-13-10-18-4-1-2-5-19(18)15-23/h1-16,28H,(H,27,29)/b26-16-. The van der Waals surface area contributed by atoms with Gasteiger partial charge in [-0.05, 0) is 58.8 Å². The zero-order valence-electron chi connectivity index (χ0n) is 16.7. The summed E-state index contributed by atoms with van der Waals surface area (Å²) in [5, 5.41) is 8.47. The van der Waals surface area contributed by atoms with Crippen molar-refractivity contribution in [3.05, 3.63) is 107 Å². The number of hydrogen-bond donors (Lipinski definition) is 2. The molecule has 0 aromatic heterocycles. The van der Waals surface area contributed by atoms with Gasteiger partial charge in [0.05, 0.1) is 11.1 Å². The molecule has 0 unspecified atom stereocenters. The molecule has 0 saturated carbocycles. The van der Waals surface area contributed by atoms with Crippen LogP contribution in [0.1, 0.15) is 15.9 Å². The number of anilines is 1. The number of carbonyl (C=O) groups excluding carboxylic acids is 1. The van der Waals surface area contributed by atoms with Gasteiger partial charge in [-0.2, -0.15) is 13.5 Å². The van der Waals surface area contributed by atoms with E-state index in [2.05, 4.69) is 31.2 Å². The highest BCUT2D eigenvalue weighted by Gasteiger charge is 2.13. The van der Waals surface area contributed by atoms with Crippen LogP contribution in [0.25, 0.3) is 10.8 Å². The minimum absolute atomic E-state index is 0.138. The Balaban J connectivity index is 1.40. The van der Waals surface area contributed by atoms with Gasteiger partial charge in [0.2, 0.25) is 0 Å². The van der Waals surface area contributed by atoms with Crippen LogP contribution in [0, 0.1) is 0 Å². The van der Waals surface area contributed by atoms with Gasteiger partial charge in [0, 0.05) is 15.7 Å². The molecule has 4 aromatic rings. The number of nitrogens with zero attached hydrogens (tertiary/aromatic N) is 1. The summed E-state index contributed by atoms with van der Waals surface area (Å²) in [5.41, 5.74) is 1.82. The molecular formula is C24H18BrN3O3S. The van der Waals surface area contributed by atoms with Crippen LogP contribution in [-0.2, 0) is 10.0 Å². The zero-order valence-corrected chi connectivity index (χ0v) is 19.1. The lowest BCUT2D eigenvalue weighted by Gasteiger charge is -2.06. The van der Waals surface area contributed by atoms with E-state index in [0.717, 1.165) is 15.2 Å². The molecule has 160 valence electrons. The third-order valence-corrected chi connectivity index (χ3v) is 6.39.